The minimum Gasteiger partial charge on any atom is -0.497 e. The van der Waals surface area contributed by atoms with Gasteiger partial charge in [0.05, 0.1) is 13.5 Å². The van der Waals surface area contributed by atoms with E-state index in [1.54, 1.807) is 4.90 Å². The van der Waals surface area contributed by atoms with E-state index in [4.69, 9.17) is 4.74 Å². The fourth-order valence-electron chi connectivity index (χ4n) is 2.55. The van der Waals surface area contributed by atoms with E-state index >= 15 is 0 Å². The summed E-state index contributed by atoms with van der Waals surface area (Å²) < 4.78 is 57.6. The molecule has 9 heteroatoms. The average molecular weight is 379 g/mol. The summed E-state index contributed by atoms with van der Waals surface area (Å²) in [7, 11) is 1.40. The Bertz CT molecular complexity index is 482. The summed E-state index contributed by atoms with van der Waals surface area (Å²) in [5.74, 6) is -0.280. The molecule has 23 heavy (non-hydrogen) atoms. The molecule has 1 aromatic carbocycles. The molecular weight excluding hydrogens is 359 g/mol. The summed E-state index contributed by atoms with van der Waals surface area (Å²) in [5.41, 5.74) is 0.0357. The first-order valence-electron chi connectivity index (χ1n) is 6.75. The van der Waals surface area contributed by atoms with Crippen molar-refractivity contribution in [1.29, 1.82) is 0 Å². The highest BCUT2D eigenvalue weighted by Crippen LogP contribution is 2.36. The third kappa shape index (κ3) is 6.33. The molecule has 134 valence electrons. The quantitative estimate of drug-likeness (QED) is 0.810. The lowest BCUT2D eigenvalue weighted by Crippen LogP contribution is -2.46. The molecule has 0 aromatic heterocycles. The van der Waals surface area contributed by atoms with Crippen LogP contribution in [0.4, 0.5) is 17.6 Å². The number of benzene rings is 1. The summed E-state index contributed by atoms with van der Waals surface area (Å²) in [4.78, 5) is 1.67. The molecule has 1 aromatic rings. The second-order valence-electron chi connectivity index (χ2n) is 5.01. The molecular formula is C14H20Cl2F4N2O. The highest BCUT2D eigenvalue weighted by atomic mass is 35.5. The van der Waals surface area contributed by atoms with Gasteiger partial charge < -0.3 is 10.1 Å². The SMILES string of the molecule is COc1ccc(F)c([C@H](CC(F)(F)F)N2CCNCC2)c1.Cl.Cl. The highest BCUT2D eigenvalue weighted by molar-refractivity contribution is 5.85. The second kappa shape index (κ2) is 9.52. The normalized spacial score (nSPS) is 16.9. The summed E-state index contributed by atoms with van der Waals surface area (Å²) >= 11 is 0. The van der Waals surface area contributed by atoms with Gasteiger partial charge in [0.1, 0.15) is 11.6 Å². The van der Waals surface area contributed by atoms with Crippen molar-refractivity contribution < 1.29 is 22.3 Å². The molecule has 0 amide bonds. The minimum absolute atomic E-state index is 0. The van der Waals surface area contributed by atoms with Gasteiger partial charge in [0, 0.05) is 37.8 Å². The van der Waals surface area contributed by atoms with Crippen molar-refractivity contribution >= 4 is 24.8 Å². The van der Waals surface area contributed by atoms with Crippen molar-refractivity contribution in [2.75, 3.05) is 33.3 Å². The van der Waals surface area contributed by atoms with E-state index in [9.17, 15) is 17.6 Å². The van der Waals surface area contributed by atoms with E-state index in [2.05, 4.69) is 5.32 Å². The van der Waals surface area contributed by atoms with E-state index in [1.165, 1.54) is 19.2 Å². The number of piperazine rings is 1. The smallest absolute Gasteiger partial charge is 0.390 e. The van der Waals surface area contributed by atoms with Gasteiger partial charge in [-0.25, -0.2) is 4.39 Å². The van der Waals surface area contributed by atoms with Gasteiger partial charge in [-0.15, -0.1) is 24.8 Å². The lowest BCUT2D eigenvalue weighted by atomic mass is 10.00. The Morgan fingerprint density at radius 2 is 1.83 bits per heavy atom. The molecule has 1 aliphatic heterocycles. The molecule has 1 atom stereocenters. The summed E-state index contributed by atoms with van der Waals surface area (Å²) in [5, 5.41) is 3.08. The molecule has 3 nitrogen and oxygen atoms in total. The third-order valence-corrected chi connectivity index (χ3v) is 3.58. The number of ether oxygens (including phenoxy) is 1. The van der Waals surface area contributed by atoms with Gasteiger partial charge in [0.2, 0.25) is 0 Å². The zero-order valence-electron chi connectivity index (χ0n) is 12.5. The van der Waals surface area contributed by atoms with Crippen LogP contribution in [0.1, 0.15) is 18.0 Å². The van der Waals surface area contributed by atoms with Gasteiger partial charge in [-0.2, -0.15) is 13.2 Å². The molecule has 2 rings (SSSR count). The lowest BCUT2D eigenvalue weighted by molar-refractivity contribution is -0.149. The van der Waals surface area contributed by atoms with Crippen LogP contribution in [0.3, 0.4) is 0 Å². The zero-order chi connectivity index (χ0) is 15.5. The number of nitrogens with zero attached hydrogens (tertiary/aromatic N) is 1. The van der Waals surface area contributed by atoms with Crippen molar-refractivity contribution in [3.05, 3.63) is 29.6 Å². The standard InChI is InChI=1S/C14H18F4N2O.2ClH/c1-21-10-2-3-12(15)11(8-10)13(9-14(16,17)18)20-6-4-19-5-7-20;;/h2-3,8,13,19H,4-7,9H2,1H3;2*1H/t13-;;/m0../s1. The molecule has 0 bridgehead atoms. The molecule has 1 saturated heterocycles. The first-order valence-corrected chi connectivity index (χ1v) is 6.75. The molecule has 0 saturated carbocycles. The van der Waals surface area contributed by atoms with Crippen LogP contribution in [0, 0.1) is 5.82 Å². The van der Waals surface area contributed by atoms with Gasteiger partial charge in [-0.1, -0.05) is 0 Å². The predicted octanol–water partition coefficient (Wildman–Crippen LogP) is 3.58. The fourth-order valence-corrected chi connectivity index (χ4v) is 2.55. The molecule has 1 aliphatic rings. The summed E-state index contributed by atoms with van der Waals surface area (Å²) in [6.45, 7) is 2.11. The average Bonchev–Trinajstić information content (AvgIpc) is 2.45. The zero-order valence-corrected chi connectivity index (χ0v) is 14.2. The molecule has 1 fully saturated rings. The van der Waals surface area contributed by atoms with Crippen LogP contribution in [0.25, 0.3) is 0 Å². The number of rotatable bonds is 4. The van der Waals surface area contributed by atoms with Crippen LogP contribution in [0.5, 0.6) is 5.75 Å². The second-order valence-corrected chi connectivity index (χ2v) is 5.01. The maximum atomic E-state index is 14.0. The predicted molar refractivity (Wildman–Crippen MR) is 85.3 cm³/mol. The van der Waals surface area contributed by atoms with Crippen molar-refractivity contribution in [3.63, 3.8) is 0 Å². The lowest BCUT2D eigenvalue weighted by Gasteiger charge is -2.35. The van der Waals surface area contributed by atoms with Gasteiger partial charge in [0.25, 0.3) is 0 Å². The fraction of sp³-hybridized carbons (Fsp3) is 0.571. The first-order chi connectivity index (χ1) is 9.90. The van der Waals surface area contributed by atoms with Crippen molar-refractivity contribution in [1.82, 2.24) is 10.2 Å². The molecule has 0 aliphatic carbocycles. The topological polar surface area (TPSA) is 24.5 Å². The first kappa shape index (κ1) is 22.2. The van der Waals surface area contributed by atoms with Crippen molar-refractivity contribution in [3.8, 4) is 5.75 Å². The minimum atomic E-state index is -4.36. The Morgan fingerprint density at radius 3 is 2.35 bits per heavy atom. The largest absolute Gasteiger partial charge is 0.497 e. The summed E-state index contributed by atoms with van der Waals surface area (Å²) in [6.07, 6.45) is -5.43. The number of methoxy groups -OCH3 is 1. The Balaban J connectivity index is 0.00000242. The van der Waals surface area contributed by atoms with Gasteiger partial charge in [-0.3, -0.25) is 4.90 Å². The Hall–Kier alpha value is -0.760. The molecule has 0 spiro atoms. The summed E-state index contributed by atoms with van der Waals surface area (Å²) in [6, 6.07) is 2.89. The monoisotopic (exact) mass is 378 g/mol. The Morgan fingerprint density at radius 1 is 1.22 bits per heavy atom. The molecule has 1 heterocycles. The molecule has 0 unspecified atom stereocenters. The van der Waals surface area contributed by atoms with Crippen LogP contribution < -0.4 is 10.1 Å². The van der Waals surface area contributed by atoms with E-state index in [-0.39, 0.29) is 30.4 Å². The Kier molecular flexibility index (Phi) is 9.20. The number of hydrogen-bond donors (Lipinski definition) is 1. The highest BCUT2D eigenvalue weighted by Gasteiger charge is 2.37. The number of nitrogens with one attached hydrogen (secondary N) is 1. The third-order valence-electron chi connectivity index (χ3n) is 3.58. The van der Waals surface area contributed by atoms with Crippen LogP contribution in [0.15, 0.2) is 18.2 Å². The van der Waals surface area contributed by atoms with Gasteiger partial charge >= 0.3 is 6.18 Å². The van der Waals surface area contributed by atoms with Crippen LogP contribution in [-0.2, 0) is 0 Å². The van der Waals surface area contributed by atoms with Gasteiger partial charge in [0.15, 0.2) is 0 Å². The van der Waals surface area contributed by atoms with E-state index in [1.807, 2.05) is 0 Å². The van der Waals surface area contributed by atoms with Crippen LogP contribution >= 0.6 is 24.8 Å². The van der Waals surface area contributed by atoms with E-state index in [0.29, 0.717) is 31.9 Å². The van der Waals surface area contributed by atoms with E-state index < -0.39 is 24.5 Å². The Labute approximate surface area is 145 Å². The maximum absolute atomic E-state index is 14.0. The number of alkyl halides is 3. The van der Waals surface area contributed by atoms with Crippen molar-refractivity contribution in [2.45, 2.75) is 18.6 Å². The number of hydrogen-bond acceptors (Lipinski definition) is 3. The maximum Gasteiger partial charge on any atom is 0.390 e. The molecule has 1 N–H and O–H groups in total. The number of halogens is 6. The molecule has 0 radical (unpaired) electrons. The van der Waals surface area contributed by atoms with Crippen LogP contribution in [0.2, 0.25) is 0 Å². The van der Waals surface area contributed by atoms with Crippen LogP contribution in [-0.4, -0.2) is 44.4 Å². The van der Waals surface area contributed by atoms with Crippen molar-refractivity contribution in [2.24, 2.45) is 0 Å². The van der Waals surface area contributed by atoms with E-state index in [0.717, 1.165) is 6.07 Å². The van der Waals surface area contributed by atoms with Gasteiger partial charge in [-0.05, 0) is 18.2 Å².